The maximum atomic E-state index is 8.67. The molecule has 0 bridgehead atoms. The first kappa shape index (κ1) is 12.6. The first-order valence-corrected chi connectivity index (χ1v) is 6.02. The van der Waals surface area contributed by atoms with Crippen molar-refractivity contribution in [1.82, 2.24) is 9.88 Å². The Bertz CT molecular complexity index is 448. The van der Waals surface area contributed by atoms with Crippen LogP contribution in [0.15, 0.2) is 23.4 Å². The summed E-state index contributed by atoms with van der Waals surface area (Å²) in [6.45, 7) is 5.08. The second kappa shape index (κ2) is 5.22. The lowest BCUT2D eigenvalue weighted by molar-refractivity contribution is 0.233. The van der Waals surface area contributed by atoms with Gasteiger partial charge < -0.3 is 20.7 Å². The first-order chi connectivity index (χ1) is 8.61. The fourth-order valence-electron chi connectivity index (χ4n) is 2.05. The van der Waals surface area contributed by atoms with Gasteiger partial charge in [0.25, 0.3) is 0 Å². The van der Waals surface area contributed by atoms with E-state index < -0.39 is 0 Å². The molecule has 0 radical (unpaired) electrons. The van der Waals surface area contributed by atoms with Crippen LogP contribution >= 0.6 is 0 Å². The molecule has 1 aromatic rings. The third kappa shape index (κ3) is 2.53. The highest BCUT2D eigenvalue weighted by molar-refractivity contribution is 5.95. The minimum Gasteiger partial charge on any atom is -0.409 e. The monoisotopic (exact) mass is 249 g/mol. The van der Waals surface area contributed by atoms with Crippen molar-refractivity contribution in [3.05, 3.63) is 23.9 Å². The summed E-state index contributed by atoms with van der Waals surface area (Å²) in [5.41, 5.74) is 6.05. The van der Waals surface area contributed by atoms with Crippen LogP contribution in [0.2, 0.25) is 0 Å². The third-order valence-electron chi connectivity index (χ3n) is 3.39. The molecule has 2 heterocycles. The molecule has 1 aliphatic rings. The normalized spacial score (nSPS) is 22.2. The highest BCUT2D eigenvalue weighted by Gasteiger charge is 2.21. The lowest BCUT2D eigenvalue weighted by Gasteiger charge is -2.38. The predicted octanol–water partition coefficient (Wildman–Crippen LogP) is 0.316. The van der Waals surface area contributed by atoms with E-state index in [9.17, 15) is 0 Å². The van der Waals surface area contributed by atoms with Crippen molar-refractivity contribution >= 4 is 11.7 Å². The van der Waals surface area contributed by atoms with Crippen molar-refractivity contribution in [2.45, 2.75) is 13.0 Å². The molecule has 6 nitrogen and oxygen atoms in total. The van der Waals surface area contributed by atoms with Crippen molar-refractivity contribution in [2.75, 3.05) is 31.6 Å². The molecule has 1 atom stereocenters. The van der Waals surface area contributed by atoms with Crippen molar-refractivity contribution < 1.29 is 5.21 Å². The number of oxime groups is 1. The van der Waals surface area contributed by atoms with Crippen molar-refractivity contribution in [2.24, 2.45) is 10.9 Å². The van der Waals surface area contributed by atoms with E-state index in [4.69, 9.17) is 10.9 Å². The number of hydrogen-bond acceptors (Lipinski definition) is 5. The van der Waals surface area contributed by atoms with Crippen LogP contribution in [0, 0.1) is 0 Å². The molecule has 98 valence electrons. The Morgan fingerprint density at radius 2 is 2.28 bits per heavy atom. The fourth-order valence-corrected chi connectivity index (χ4v) is 2.05. The number of pyridine rings is 1. The van der Waals surface area contributed by atoms with Gasteiger partial charge in [0, 0.05) is 25.7 Å². The number of aromatic nitrogens is 1. The van der Waals surface area contributed by atoms with Crippen molar-refractivity contribution in [1.29, 1.82) is 0 Å². The van der Waals surface area contributed by atoms with Crippen LogP contribution in [-0.4, -0.2) is 53.7 Å². The molecule has 0 spiro atoms. The van der Waals surface area contributed by atoms with Crippen LogP contribution in [0.5, 0.6) is 0 Å². The Morgan fingerprint density at radius 1 is 1.50 bits per heavy atom. The Balaban J connectivity index is 2.19. The Kier molecular flexibility index (Phi) is 3.66. The summed E-state index contributed by atoms with van der Waals surface area (Å²) in [6, 6.07) is 6.05. The molecule has 18 heavy (non-hydrogen) atoms. The molecular formula is C12H19N5O. The number of nitrogens with two attached hydrogens (primary N) is 1. The average Bonchev–Trinajstić information content (AvgIpc) is 2.41. The Morgan fingerprint density at radius 3 is 2.94 bits per heavy atom. The second-order valence-corrected chi connectivity index (χ2v) is 4.64. The molecule has 1 aromatic heterocycles. The van der Waals surface area contributed by atoms with Crippen LogP contribution in [0.3, 0.4) is 0 Å². The largest absolute Gasteiger partial charge is 0.409 e. The Hall–Kier alpha value is -1.82. The number of piperazine rings is 1. The zero-order valence-electron chi connectivity index (χ0n) is 10.7. The van der Waals surface area contributed by atoms with E-state index in [1.807, 2.05) is 12.1 Å². The maximum absolute atomic E-state index is 8.67. The summed E-state index contributed by atoms with van der Waals surface area (Å²) in [5, 5.41) is 11.6. The fraction of sp³-hybridized carbons (Fsp3) is 0.500. The van der Waals surface area contributed by atoms with Gasteiger partial charge in [-0.05, 0) is 26.1 Å². The van der Waals surface area contributed by atoms with Gasteiger partial charge in [0.15, 0.2) is 5.84 Å². The highest BCUT2D eigenvalue weighted by Crippen LogP contribution is 2.16. The molecule has 1 saturated heterocycles. The molecular weight excluding hydrogens is 230 g/mol. The summed E-state index contributed by atoms with van der Waals surface area (Å²) in [7, 11) is 2.13. The standard InChI is InChI=1S/C12H19N5O/c1-9-8-17(7-6-16(9)2)11-5-3-4-10(14-11)12(13)15-18/h3-5,9,18H,6-8H2,1-2H3,(H2,13,15). The van der Waals surface area contributed by atoms with Crippen LogP contribution < -0.4 is 10.6 Å². The van der Waals surface area contributed by atoms with E-state index in [-0.39, 0.29) is 5.84 Å². The van der Waals surface area contributed by atoms with Gasteiger partial charge >= 0.3 is 0 Å². The van der Waals surface area contributed by atoms with E-state index >= 15 is 0 Å². The van der Waals surface area contributed by atoms with Gasteiger partial charge in [-0.3, -0.25) is 0 Å². The predicted molar refractivity (Wildman–Crippen MR) is 71.1 cm³/mol. The molecule has 6 heteroatoms. The summed E-state index contributed by atoms with van der Waals surface area (Å²) in [6.07, 6.45) is 0. The summed E-state index contributed by atoms with van der Waals surface area (Å²) in [4.78, 5) is 8.96. The van der Waals surface area contributed by atoms with Gasteiger partial charge in [-0.2, -0.15) is 0 Å². The molecule has 0 aromatic carbocycles. The topological polar surface area (TPSA) is 78.0 Å². The van der Waals surface area contributed by atoms with E-state index in [0.29, 0.717) is 11.7 Å². The number of likely N-dealkylation sites (N-methyl/N-ethyl adjacent to an activating group) is 1. The molecule has 0 saturated carbocycles. The second-order valence-electron chi connectivity index (χ2n) is 4.64. The highest BCUT2D eigenvalue weighted by atomic mass is 16.4. The zero-order valence-corrected chi connectivity index (χ0v) is 10.7. The van der Waals surface area contributed by atoms with Gasteiger partial charge in [-0.15, -0.1) is 0 Å². The van der Waals surface area contributed by atoms with Crippen LogP contribution in [-0.2, 0) is 0 Å². The summed E-state index contributed by atoms with van der Waals surface area (Å²) in [5.74, 6) is 0.915. The number of nitrogens with zero attached hydrogens (tertiary/aromatic N) is 4. The molecule has 1 fully saturated rings. The SMILES string of the molecule is CC1CN(c2cccc(C(N)=NO)n2)CCN1C. The van der Waals surface area contributed by atoms with Gasteiger partial charge in [0.2, 0.25) is 0 Å². The number of amidine groups is 1. The van der Waals surface area contributed by atoms with E-state index in [0.717, 1.165) is 25.5 Å². The van der Waals surface area contributed by atoms with Crippen molar-refractivity contribution in [3.8, 4) is 0 Å². The molecule has 1 unspecified atom stereocenters. The number of rotatable bonds is 2. The van der Waals surface area contributed by atoms with E-state index in [1.54, 1.807) is 6.07 Å². The van der Waals surface area contributed by atoms with Crippen molar-refractivity contribution in [3.63, 3.8) is 0 Å². The maximum Gasteiger partial charge on any atom is 0.188 e. The van der Waals surface area contributed by atoms with Crippen LogP contribution in [0.1, 0.15) is 12.6 Å². The van der Waals surface area contributed by atoms with Crippen LogP contribution in [0.4, 0.5) is 5.82 Å². The van der Waals surface area contributed by atoms with Gasteiger partial charge in [0.1, 0.15) is 11.5 Å². The van der Waals surface area contributed by atoms with Gasteiger partial charge in [-0.1, -0.05) is 11.2 Å². The lowest BCUT2D eigenvalue weighted by atomic mass is 10.2. The summed E-state index contributed by atoms with van der Waals surface area (Å²) < 4.78 is 0. The molecule has 3 N–H and O–H groups in total. The smallest absolute Gasteiger partial charge is 0.188 e. The molecule has 0 amide bonds. The first-order valence-electron chi connectivity index (χ1n) is 6.02. The third-order valence-corrected chi connectivity index (χ3v) is 3.39. The number of hydrogen-bond donors (Lipinski definition) is 2. The van der Waals surface area contributed by atoms with Gasteiger partial charge in [0.05, 0.1) is 0 Å². The molecule has 1 aliphatic heterocycles. The Labute approximate surface area is 107 Å². The summed E-state index contributed by atoms with van der Waals surface area (Å²) >= 11 is 0. The van der Waals surface area contributed by atoms with Gasteiger partial charge in [-0.25, -0.2) is 4.98 Å². The van der Waals surface area contributed by atoms with Crippen LogP contribution in [0.25, 0.3) is 0 Å². The minimum absolute atomic E-state index is 0.0408. The number of anilines is 1. The molecule has 2 rings (SSSR count). The van der Waals surface area contributed by atoms with E-state index in [2.05, 4.69) is 33.9 Å². The quantitative estimate of drug-likeness (QED) is 0.341. The molecule has 0 aliphatic carbocycles. The lowest BCUT2D eigenvalue weighted by Crippen LogP contribution is -2.50. The van der Waals surface area contributed by atoms with E-state index in [1.165, 1.54) is 0 Å². The average molecular weight is 249 g/mol. The minimum atomic E-state index is 0.0408. The zero-order chi connectivity index (χ0) is 13.1.